The third-order valence-electron chi connectivity index (χ3n) is 1.88. The lowest BCUT2D eigenvalue weighted by Gasteiger charge is -2.13. The molecule has 0 saturated heterocycles. The van der Waals surface area contributed by atoms with Crippen LogP contribution >= 0.6 is 27.7 Å². The Bertz CT molecular complexity index is 312. The summed E-state index contributed by atoms with van der Waals surface area (Å²) in [6.45, 7) is 0.638. The molecule has 0 aliphatic heterocycles. The van der Waals surface area contributed by atoms with Crippen LogP contribution in [-0.4, -0.2) is 23.0 Å². The number of hydrogen-bond acceptors (Lipinski definition) is 2. The Kier molecular flexibility index (Phi) is 4.48. The van der Waals surface area contributed by atoms with Crippen LogP contribution in [0.2, 0.25) is 0 Å². The van der Waals surface area contributed by atoms with Gasteiger partial charge >= 0.3 is 0 Å². The molecule has 4 heteroatoms. The fourth-order valence-corrected chi connectivity index (χ4v) is 1.60. The molecule has 0 radical (unpaired) electrons. The normalized spacial score (nSPS) is 9.93. The van der Waals surface area contributed by atoms with Crippen molar-refractivity contribution in [3.8, 4) is 0 Å². The maximum Gasteiger partial charge on any atom is 0.289 e. The molecular weight excluding hydrogens is 262 g/mol. The Morgan fingerprint density at radius 3 is 2.43 bits per heavy atom. The number of carbonyl (C=O) groups is 1. The molecule has 0 bridgehead atoms. The van der Waals surface area contributed by atoms with Crippen LogP contribution in [0.3, 0.4) is 0 Å². The van der Waals surface area contributed by atoms with E-state index in [9.17, 15) is 4.79 Å². The molecule has 76 valence electrons. The fraction of sp³-hybridized carbons (Fsp3) is 0.300. The van der Waals surface area contributed by atoms with Gasteiger partial charge in [-0.3, -0.25) is 4.79 Å². The molecule has 2 nitrogen and oxygen atoms in total. The lowest BCUT2D eigenvalue weighted by molar-refractivity contribution is 0.233. The molecule has 1 aromatic rings. The van der Waals surface area contributed by atoms with E-state index in [2.05, 4.69) is 28.1 Å². The van der Waals surface area contributed by atoms with Crippen molar-refractivity contribution >= 4 is 32.5 Å². The topological polar surface area (TPSA) is 20.3 Å². The van der Waals surface area contributed by atoms with E-state index in [0.29, 0.717) is 6.54 Å². The van der Waals surface area contributed by atoms with E-state index in [1.54, 1.807) is 23.7 Å². The highest BCUT2D eigenvalue weighted by atomic mass is 79.9. The summed E-state index contributed by atoms with van der Waals surface area (Å²) in [7, 11) is 1.76. The largest absolute Gasteiger partial charge is 0.332 e. The molecule has 0 saturated carbocycles. The first-order chi connectivity index (χ1) is 6.63. The summed E-state index contributed by atoms with van der Waals surface area (Å²) < 4.78 is 0. The van der Waals surface area contributed by atoms with Gasteiger partial charge in [0.2, 0.25) is 0 Å². The van der Waals surface area contributed by atoms with Gasteiger partial charge in [-0.15, -0.1) is 11.8 Å². The SMILES string of the molecule is CSc1ccc(CN(C)C(=O)Br)cc1. The molecule has 0 aliphatic carbocycles. The number of rotatable bonds is 3. The number of amides is 1. The number of carbonyl (C=O) groups excluding carboxylic acids is 1. The van der Waals surface area contributed by atoms with E-state index in [1.807, 2.05) is 18.4 Å². The molecule has 0 atom stereocenters. The molecule has 0 unspecified atom stereocenters. The Morgan fingerprint density at radius 2 is 2.00 bits per heavy atom. The molecule has 14 heavy (non-hydrogen) atoms. The van der Waals surface area contributed by atoms with Crippen LogP contribution in [-0.2, 0) is 6.54 Å². The van der Waals surface area contributed by atoms with Crippen LogP contribution in [0.25, 0.3) is 0 Å². The molecule has 0 aliphatic rings. The second-order valence-corrected chi connectivity index (χ2v) is 4.52. The van der Waals surface area contributed by atoms with Crippen LogP contribution in [0, 0.1) is 0 Å². The maximum absolute atomic E-state index is 10.9. The van der Waals surface area contributed by atoms with Crippen LogP contribution in [0.1, 0.15) is 5.56 Å². The maximum atomic E-state index is 10.9. The Labute approximate surface area is 96.8 Å². The molecule has 1 rings (SSSR count). The Morgan fingerprint density at radius 1 is 1.43 bits per heavy atom. The summed E-state index contributed by atoms with van der Waals surface area (Å²) in [4.78, 5) is 13.7. The van der Waals surface area contributed by atoms with Gasteiger partial charge in [0.15, 0.2) is 0 Å². The van der Waals surface area contributed by atoms with Gasteiger partial charge in [0.25, 0.3) is 4.82 Å². The third kappa shape index (κ3) is 3.35. The first kappa shape index (κ1) is 11.6. The smallest absolute Gasteiger partial charge is 0.289 e. The van der Waals surface area contributed by atoms with Gasteiger partial charge in [0, 0.05) is 34.4 Å². The average Bonchev–Trinajstić information content (AvgIpc) is 2.19. The van der Waals surface area contributed by atoms with Crippen molar-refractivity contribution in [1.29, 1.82) is 0 Å². The van der Waals surface area contributed by atoms with Crippen molar-refractivity contribution in [2.75, 3.05) is 13.3 Å². The van der Waals surface area contributed by atoms with E-state index in [-0.39, 0.29) is 4.82 Å². The first-order valence-corrected chi connectivity index (χ1v) is 6.19. The second kappa shape index (κ2) is 5.41. The van der Waals surface area contributed by atoms with Crippen molar-refractivity contribution in [2.45, 2.75) is 11.4 Å². The summed E-state index contributed by atoms with van der Waals surface area (Å²) in [5.74, 6) is 0. The minimum Gasteiger partial charge on any atom is -0.332 e. The Hall–Kier alpha value is -0.480. The van der Waals surface area contributed by atoms with E-state index in [4.69, 9.17) is 0 Å². The third-order valence-corrected chi connectivity index (χ3v) is 3.23. The van der Waals surface area contributed by atoms with Crippen molar-refractivity contribution in [3.63, 3.8) is 0 Å². The van der Waals surface area contributed by atoms with Crippen molar-refractivity contribution in [3.05, 3.63) is 29.8 Å². The summed E-state index contributed by atoms with van der Waals surface area (Å²) in [5, 5.41) is 0. The average molecular weight is 274 g/mol. The first-order valence-electron chi connectivity index (χ1n) is 4.17. The molecule has 0 aromatic heterocycles. The molecule has 0 spiro atoms. The highest BCUT2D eigenvalue weighted by Gasteiger charge is 2.04. The second-order valence-electron chi connectivity index (χ2n) is 2.96. The van der Waals surface area contributed by atoms with Gasteiger partial charge in [-0.1, -0.05) is 12.1 Å². The molecule has 0 heterocycles. The summed E-state index contributed by atoms with van der Waals surface area (Å²) in [6.07, 6.45) is 2.04. The summed E-state index contributed by atoms with van der Waals surface area (Å²) in [5.41, 5.74) is 1.14. The van der Waals surface area contributed by atoms with Crippen molar-refractivity contribution < 1.29 is 4.79 Å². The van der Waals surface area contributed by atoms with Crippen molar-refractivity contribution in [1.82, 2.24) is 4.90 Å². The van der Waals surface area contributed by atoms with Gasteiger partial charge < -0.3 is 4.90 Å². The monoisotopic (exact) mass is 273 g/mol. The van der Waals surface area contributed by atoms with Crippen LogP contribution in [0.5, 0.6) is 0 Å². The van der Waals surface area contributed by atoms with Crippen LogP contribution in [0.4, 0.5) is 4.79 Å². The lowest BCUT2D eigenvalue weighted by Crippen LogP contribution is -2.19. The highest BCUT2D eigenvalue weighted by Crippen LogP contribution is 2.15. The zero-order valence-electron chi connectivity index (χ0n) is 8.16. The molecule has 1 aromatic carbocycles. The number of halogens is 1. The van der Waals surface area contributed by atoms with Crippen LogP contribution in [0.15, 0.2) is 29.2 Å². The van der Waals surface area contributed by atoms with E-state index >= 15 is 0 Å². The minimum atomic E-state index is -0.0913. The fourth-order valence-electron chi connectivity index (χ4n) is 1.07. The number of thioether (sulfide) groups is 1. The molecule has 0 N–H and O–H groups in total. The van der Waals surface area contributed by atoms with Gasteiger partial charge in [-0.25, -0.2) is 0 Å². The van der Waals surface area contributed by atoms with Gasteiger partial charge in [0.1, 0.15) is 0 Å². The zero-order valence-corrected chi connectivity index (χ0v) is 10.6. The van der Waals surface area contributed by atoms with Gasteiger partial charge in [-0.05, 0) is 24.0 Å². The molecule has 0 fully saturated rings. The van der Waals surface area contributed by atoms with E-state index in [1.165, 1.54) is 4.90 Å². The number of hydrogen-bond donors (Lipinski definition) is 0. The highest BCUT2D eigenvalue weighted by molar-refractivity contribution is 9.18. The van der Waals surface area contributed by atoms with Crippen LogP contribution < -0.4 is 0 Å². The minimum absolute atomic E-state index is 0.0913. The lowest BCUT2D eigenvalue weighted by atomic mass is 10.2. The predicted molar refractivity (Wildman–Crippen MR) is 64.0 cm³/mol. The van der Waals surface area contributed by atoms with Crippen molar-refractivity contribution in [2.24, 2.45) is 0 Å². The standard InChI is InChI=1S/C10H12BrNOS/c1-12(10(11)13)7-8-3-5-9(14-2)6-4-8/h3-6H,7H2,1-2H3. The number of nitrogens with zero attached hydrogens (tertiary/aromatic N) is 1. The quantitative estimate of drug-likeness (QED) is 0.478. The van der Waals surface area contributed by atoms with Gasteiger partial charge in [0.05, 0.1) is 0 Å². The van der Waals surface area contributed by atoms with E-state index < -0.39 is 0 Å². The Balaban J connectivity index is 2.64. The molecular formula is C10H12BrNOS. The summed E-state index contributed by atoms with van der Waals surface area (Å²) in [6, 6.07) is 8.20. The number of benzene rings is 1. The van der Waals surface area contributed by atoms with E-state index in [0.717, 1.165) is 5.56 Å². The predicted octanol–water partition coefficient (Wildman–Crippen LogP) is 3.36. The van der Waals surface area contributed by atoms with Gasteiger partial charge in [-0.2, -0.15) is 0 Å². The zero-order chi connectivity index (χ0) is 10.6. The molecule has 1 amide bonds. The summed E-state index contributed by atoms with van der Waals surface area (Å²) >= 11 is 4.62.